The van der Waals surface area contributed by atoms with Crippen molar-refractivity contribution in [2.75, 3.05) is 7.11 Å². The fraction of sp³-hybridized carbons (Fsp3) is 0.385. The molecular formula is C13H15NO2. The van der Waals surface area contributed by atoms with E-state index in [9.17, 15) is 4.79 Å². The third kappa shape index (κ3) is 3.09. The van der Waals surface area contributed by atoms with Crippen molar-refractivity contribution in [3.8, 4) is 11.8 Å². The van der Waals surface area contributed by atoms with Gasteiger partial charge in [-0.15, -0.1) is 0 Å². The van der Waals surface area contributed by atoms with E-state index in [0.29, 0.717) is 12.8 Å². The number of benzene rings is 1. The number of nitrogens with zero attached hydrogens (tertiary/aromatic N) is 1. The lowest BCUT2D eigenvalue weighted by molar-refractivity contribution is -0.118. The number of nitriles is 1. The van der Waals surface area contributed by atoms with E-state index in [1.54, 1.807) is 14.0 Å². The number of ketones is 1. The molecule has 1 aromatic rings. The normalized spacial score (nSPS) is 11.6. The summed E-state index contributed by atoms with van der Waals surface area (Å²) in [7, 11) is 1.60. The van der Waals surface area contributed by atoms with Crippen molar-refractivity contribution in [1.82, 2.24) is 0 Å². The van der Waals surface area contributed by atoms with Gasteiger partial charge in [0.15, 0.2) is 0 Å². The molecule has 0 spiro atoms. The standard InChI is InChI=1S/C13H15NO2/c1-10(15)13(4-3-9-14)11-5-7-12(16-2)8-6-11/h5-8,13H,3-4H2,1-2H3. The molecule has 3 heteroatoms. The minimum Gasteiger partial charge on any atom is -0.497 e. The van der Waals surface area contributed by atoms with Gasteiger partial charge >= 0.3 is 0 Å². The van der Waals surface area contributed by atoms with E-state index in [2.05, 4.69) is 6.07 Å². The Kier molecular flexibility index (Phi) is 4.53. The van der Waals surface area contributed by atoms with Crippen molar-refractivity contribution < 1.29 is 9.53 Å². The zero-order valence-electron chi connectivity index (χ0n) is 9.56. The van der Waals surface area contributed by atoms with E-state index >= 15 is 0 Å². The molecule has 1 atom stereocenters. The Morgan fingerprint density at radius 1 is 1.44 bits per heavy atom. The number of rotatable bonds is 5. The molecule has 16 heavy (non-hydrogen) atoms. The highest BCUT2D eigenvalue weighted by Crippen LogP contribution is 2.24. The summed E-state index contributed by atoms with van der Waals surface area (Å²) in [6.45, 7) is 1.56. The molecule has 0 aliphatic rings. The Morgan fingerprint density at radius 2 is 2.06 bits per heavy atom. The maximum Gasteiger partial charge on any atom is 0.137 e. The van der Waals surface area contributed by atoms with Crippen LogP contribution in [0.3, 0.4) is 0 Å². The molecule has 0 bridgehead atoms. The third-order valence-electron chi connectivity index (χ3n) is 2.55. The van der Waals surface area contributed by atoms with Gasteiger partial charge in [0.05, 0.1) is 13.2 Å². The van der Waals surface area contributed by atoms with E-state index in [1.165, 1.54) is 0 Å². The predicted octanol–water partition coefficient (Wildman–Crippen LogP) is 2.67. The van der Waals surface area contributed by atoms with Gasteiger partial charge in [0.25, 0.3) is 0 Å². The molecule has 1 rings (SSSR count). The number of hydrogen-bond donors (Lipinski definition) is 0. The van der Waals surface area contributed by atoms with Crippen molar-refractivity contribution in [3.63, 3.8) is 0 Å². The average Bonchev–Trinajstić information content (AvgIpc) is 2.30. The molecule has 1 aromatic carbocycles. The maximum atomic E-state index is 11.5. The molecule has 3 nitrogen and oxygen atoms in total. The summed E-state index contributed by atoms with van der Waals surface area (Å²) < 4.78 is 5.05. The lowest BCUT2D eigenvalue weighted by Crippen LogP contribution is -2.08. The summed E-state index contributed by atoms with van der Waals surface area (Å²) in [6, 6.07) is 9.48. The quantitative estimate of drug-likeness (QED) is 0.761. The summed E-state index contributed by atoms with van der Waals surface area (Å²) in [4.78, 5) is 11.5. The van der Waals surface area contributed by atoms with Gasteiger partial charge in [0.2, 0.25) is 0 Å². The predicted molar refractivity (Wildman–Crippen MR) is 61.3 cm³/mol. The number of Topliss-reactive ketones (excluding diaryl/α,β-unsaturated/α-hetero) is 1. The third-order valence-corrected chi connectivity index (χ3v) is 2.55. The second-order valence-electron chi connectivity index (χ2n) is 3.63. The fourth-order valence-corrected chi connectivity index (χ4v) is 1.65. The highest BCUT2D eigenvalue weighted by Gasteiger charge is 2.16. The number of methoxy groups -OCH3 is 1. The Bertz CT molecular complexity index is 389. The fourth-order valence-electron chi connectivity index (χ4n) is 1.65. The van der Waals surface area contributed by atoms with Crippen molar-refractivity contribution >= 4 is 5.78 Å². The van der Waals surface area contributed by atoms with Gasteiger partial charge in [0.1, 0.15) is 11.5 Å². The first-order chi connectivity index (χ1) is 7.69. The van der Waals surface area contributed by atoms with Crippen molar-refractivity contribution in [2.24, 2.45) is 0 Å². The van der Waals surface area contributed by atoms with Crippen LogP contribution in [-0.2, 0) is 4.79 Å². The van der Waals surface area contributed by atoms with E-state index in [0.717, 1.165) is 11.3 Å². The smallest absolute Gasteiger partial charge is 0.137 e. The minimum absolute atomic E-state index is 0.0976. The van der Waals surface area contributed by atoms with Crippen molar-refractivity contribution in [1.29, 1.82) is 5.26 Å². The van der Waals surface area contributed by atoms with Gasteiger partial charge < -0.3 is 4.74 Å². The Morgan fingerprint density at radius 3 is 2.50 bits per heavy atom. The first kappa shape index (κ1) is 12.3. The van der Waals surface area contributed by atoms with Crippen molar-refractivity contribution in [3.05, 3.63) is 29.8 Å². The molecule has 0 heterocycles. The highest BCUT2D eigenvalue weighted by molar-refractivity contribution is 5.83. The summed E-state index contributed by atoms with van der Waals surface area (Å²) in [5, 5.41) is 8.54. The zero-order chi connectivity index (χ0) is 12.0. The molecule has 0 radical (unpaired) electrons. The Labute approximate surface area is 95.7 Å². The van der Waals surface area contributed by atoms with Gasteiger partial charge in [0, 0.05) is 12.3 Å². The van der Waals surface area contributed by atoms with Gasteiger partial charge in [-0.1, -0.05) is 12.1 Å². The van der Waals surface area contributed by atoms with Gasteiger partial charge in [-0.05, 0) is 31.0 Å². The minimum atomic E-state index is -0.175. The molecule has 0 N–H and O–H groups in total. The van der Waals surface area contributed by atoms with Gasteiger partial charge in [-0.2, -0.15) is 5.26 Å². The first-order valence-electron chi connectivity index (χ1n) is 5.20. The zero-order valence-corrected chi connectivity index (χ0v) is 9.56. The van der Waals surface area contributed by atoms with E-state index in [4.69, 9.17) is 10.00 Å². The summed E-state index contributed by atoms with van der Waals surface area (Å²) in [5.41, 5.74) is 0.948. The van der Waals surface area contributed by atoms with E-state index in [1.807, 2.05) is 24.3 Å². The Hall–Kier alpha value is -1.82. The average molecular weight is 217 g/mol. The second kappa shape index (κ2) is 5.92. The molecule has 0 amide bonds. The van der Waals surface area contributed by atoms with E-state index in [-0.39, 0.29) is 11.7 Å². The molecule has 0 aliphatic heterocycles. The van der Waals surface area contributed by atoms with E-state index < -0.39 is 0 Å². The van der Waals surface area contributed by atoms with Gasteiger partial charge in [-0.3, -0.25) is 4.79 Å². The van der Waals surface area contributed by atoms with Crippen LogP contribution in [0.5, 0.6) is 5.75 Å². The van der Waals surface area contributed by atoms with Crippen molar-refractivity contribution in [2.45, 2.75) is 25.7 Å². The topological polar surface area (TPSA) is 50.1 Å². The van der Waals surface area contributed by atoms with Gasteiger partial charge in [-0.25, -0.2) is 0 Å². The molecule has 0 saturated heterocycles. The summed E-state index contributed by atoms with van der Waals surface area (Å²) >= 11 is 0. The van der Waals surface area contributed by atoms with Crippen LogP contribution in [0.1, 0.15) is 31.2 Å². The van der Waals surface area contributed by atoms with Crippen LogP contribution in [0.2, 0.25) is 0 Å². The molecule has 84 valence electrons. The van der Waals surface area contributed by atoms with Crippen LogP contribution in [0.15, 0.2) is 24.3 Å². The number of carbonyl (C=O) groups excluding carboxylic acids is 1. The maximum absolute atomic E-state index is 11.5. The summed E-state index contributed by atoms with van der Waals surface area (Å²) in [6.07, 6.45) is 0.981. The SMILES string of the molecule is COc1ccc(C(CCC#N)C(C)=O)cc1. The molecule has 0 aliphatic carbocycles. The van der Waals surface area contributed by atoms with Crippen LogP contribution >= 0.6 is 0 Å². The molecular weight excluding hydrogens is 202 g/mol. The Balaban J connectivity index is 2.84. The van der Waals surface area contributed by atoms with Crippen LogP contribution in [0.25, 0.3) is 0 Å². The highest BCUT2D eigenvalue weighted by atomic mass is 16.5. The lowest BCUT2D eigenvalue weighted by Gasteiger charge is -2.12. The lowest BCUT2D eigenvalue weighted by atomic mass is 9.91. The monoisotopic (exact) mass is 217 g/mol. The number of ether oxygens (including phenoxy) is 1. The summed E-state index contributed by atoms with van der Waals surface area (Å²) in [5.74, 6) is 0.692. The molecule has 0 aromatic heterocycles. The van der Waals surface area contributed by atoms with Crippen LogP contribution in [0, 0.1) is 11.3 Å². The number of carbonyl (C=O) groups is 1. The number of hydrogen-bond acceptors (Lipinski definition) is 3. The first-order valence-corrected chi connectivity index (χ1v) is 5.20. The van der Waals surface area contributed by atoms with Crippen LogP contribution in [-0.4, -0.2) is 12.9 Å². The molecule has 0 fully saturated rings. The molecule has 1 unspecified atom stereocenters. The largest absolute Gasteiger partial charge is 0.497 e. The molecule has 0 saturated carbocycles. The van der Waals surface area contributed by atoms with Crippen LogP contribution in [0.4, 0.5) is 0 Å². The van der Waals surface area contributed by atoms with Crippen LogP contribution < -0.4 is 4.74 Å². The second-order valence-corrected chi connectivity index (χ2v) is 3.63.